The highest BCUT2D eigenvalue weighted by Gasteiger charge is 2.34. The van der Waals surface area contributed by atoms with Crippen LogP contribution >= 0.6 is 0 Å². The Morgan fingerprint density at radius 1 is 1.35 bits per heavy atom. The van der Waals surface area contributed by atoms with Gasteiger partial charge in [-0.25, -0.2) is 0 Å². The van der Waals surface area contributed by atoms with Crippen LogP contribution in [0.2, 0.25) is 0 Å². The molecule has 1 aliphatic rings. The Balaban J connectivity index is 2.39. The first-order valence-electron chi connectivity index (χ1n) is 7.50. The molecule has 2 atom stereocenters. The minimum absolute atomic E-state index is 0.415. The van der Waals surface area contributed by atoms with Gasteiger partial charge in [-0.15, -0.1) is 0 Å². The molecule has 0 bridgehead atoms. The third kappa shape index (κ3) is 4.97. The van der Waals surface area contributed by atoms with Crippen molar-refractivity contribution in [2.45, 2.75) is 58.8 Å². The Labute approximate surface area is 108 Å². The highest BCUT2D eigenvalue weighted by molar-refractivity contribution is 4.88. The summed E-state index contributed by atoms with van der Waals surface area (Å²) < 4.78 is 0. The Hall–Kier alpha value is -0.0800. The van der Waals surface area contributed by atoms with Crippen molar-refractivity contribution in [2.75, 3.05) is 26.7 Å². The normalized spacial score (nSPS) is 29.8. The summed E-state index contributed by atoms with van der Waals surface area (Å²) in [5, 5.41) is 0. The van der Waals surface area contributed by atoms with Gasteiger partial charge in [-0.2, -0.15) is 0 Å². The fourth-order valence-corrected chi connectivity index (χ4v) is 3.45. The third-order valence-electron chi connectivity index (χ3n) is 4.37. The van der Waals surface area contributed by atoms with Gasteiger partial charge < -0.3 is 10.6 Å². The van der Waals surface area contributed by atoms with E-state index in [1.165, 1.54) is 58.0 Å². The average Bonchev–Trinajstić information content (AvgIpc) is 2.29. The molecule has 102 valence electrons. The van der Waals surface area contributed by atoms with Gasteiger partial charge in [0.2, 0.25) is 0 Å². The van der Waals surface area contributed by atoms with Crippen molar-refractivity contribution >= 4 is 0 Å². The lowest BCUT2D eigenvalue weighted by molar-refractivity contribution is 0.100. The second kappa shape index (κ2) is 7.38. The summed E-state index contributed by atoms with van der Waals surface area (Å²) in [4.78, 5) is 2.51. The van der Waals surface area contributed by atoms with E-state index in [1.54, 1.807) is 0 Å². The topological polar surface area (TPSA) is 29.3 Å². The molecule has 2 N–H and O–H groups in total. The molecule has 0 amide bonds. The van der Waals surface area contributed by atoms with Crippen LogP contribution in [0.1, 0.15) is 58.8 Å². The van der Waals surface area contributed by atoms with Gasteiger partial charge in [0.05, 0.1) is 0 Å². The maximum Gasteiger partial charge on any atom is 0.00471 e. The molecule has 0 heterocycles. The van der Waals surface area contributed by atoms with Crippen LogP contribution in [0.3, 0.4) is 0 Å². The summed E-state index contributed by atoms with van der Waals surface area (Å²) in [7, 11) is 2.27. The first-order chi connectivity index (χ1) is 8.12. The van der Waals surface area contributed by atoms with Crippen LogP contribution in [0.25, 0.3) is 0 Å². The molecular weight excluding hydrogens is 208 g/mol. The van der Waals surface area contributed by atoms with E-state index in [9.17, 15) is 0 Å². The van der Waals surface area contributed by atoms with Crippen molar-refractivity contribution in [1.82, 2.24) is 4.90 Å². The Kier molecular flexibility index (Phi) is 6.50. The van der Waals surface area contributed by atoms with Crippen LogP contribution in [0.5, 0.6) is 0 Å². The van der Waals surface area contributed by atoms with Crippen LogP contribution in [-0.4, -0.2) is 31.6 Å². The lowest BCUT2D eigenvalue weighted by atomic mass is 9.70. The molecule has 1 fully saturated rings. The van der Waals surface area contributed by atoms with Crippen molar-refractivity contribution in [2.24, 2.45) is 17.1 Å². The Morgan fingerprint density at radius 2 is 2.12 bits per heavy atom. The van der Waals surface area contributed by atoms with E-state index in [4.69, 9.17) is 5.73 Å². The minimum atomic E-state index is 0.415. The van der Waals surface area contributed by atoms with E-state index >= 15 is 0 Å². The summed E-state index contributed by atoms with van der Waals surface area (Å²) in [6.07, 6.45) is 9.46. The molecule has 1 rings (SSSR count). The van der Waals surface area contributed by atoms with Crippen LogP contribution < -0.4 is 5.73 Å². The van der Waals surface area contributed by atoms with Crippen LogP contribution in [-0.2, 0) is 0 Å². The zero-order valence-corrected chi connectivity index (χ0v) is 12.2. The predicted molar refractivity (Wildman–Crippen MR) is 76.1 cm³/mol. The average molecular weight is 240 g/mol. The van der Waals surface area contributed by atoms with E-state index in [2.05, 4.69) is 25.8 Å². The summed E-state index contributed by atoms with van der Waals surface area (Å²) in [5.74, 6) is 0.872. The van der Waals surface area contributed by atoms with E-state index < -0.39 is 0 Å². The molecule has 0 aromatic rings. The zero-order chi connectivity index (χ0) is 12.7. The Bertz CT molecular complexity index is 205. The number of nitrogens with two attached hydrogens (primary N) is 1. The van der Waals surface area contributed by atoms with Gasteiger partial charge in [-0.3, -0.25) is 0 Å². The fourth-order valence-electron chi connectivity index (χ4n) is 3.45. The standard InChI is InChI=1S/C15H32N2/c1-4-5-6-10-17(3)13-15(12-16)9-7-8-14(2)11-15/h14H,4-13,16H2,1-3H3. The third-order valence-corrected chi connectivity index (χ3v) is 4.37. The quantitative estimate of drug-likeness (QED) is 0.692. The molecule has 0 radical (unpaired) electrons. The van der Waals surface area contributed by atoms with Crippen molar-refractivity contribution in [3.05, 3.63) is 0 Å². The maximum atomic E-state index is 6.08. The molecule has 0 aliphatic heterocycles. The van der Waals surface area contributed by atoms with E-state index in [0.29, 0.717) is 5.41 Å². The summed E-state index contributed by atoms with van der Waals surface area (Å²) in [5.41, 5.74) is 6.49. The van der Waals surface area contributed by atoms with E-state index in [1.807, 2.05) is 0 Å². The minimum Gasteiger partial charge on any atom is -0.330 e. The van der Waals surface area contributed by atoms with Crippen LogP contribution in [0, 0.1) is 11.3 Å². The van der Waals surface area contributed by atoms with Crippen molar-refractivity contribution in [3.63, 3.8) is 0 Å². The van der Waals surface area contributed by atoms with Crippen molar-refractivity contribution < 1.29 is 0 Å². The second-order valence-electron chi connectivity index (χ2n) is 6.35. The monoisotopic (exact) mass is 240 g/mol. The largest absolute Gasteiger partial charge is 0.330 e. The lowest BCUT2D eigenvalue weighted by Crippen LogP contribution is -2.44. The second-order valence-corrected chi connectivity index (χ2v) is 6.35. The highest BCUT2D eigenvalue weighted by Crippen LogP contribution is 2.39. The zero-order valence-electron chi connectivity index (χ0n) is 12.2. The van der Waals surface area contributed by atoms with Gasteiger partial charge in [0.1, 0.15) is 0 Å². The first kappa shape index (κ1) is 15.0. The molecule has 0 aromatic heterocycles. The van der Waals surface area contributed by atoms with Crippen molar-refractivity contribution in [1.29, 1.82) is 0 Å². The molecular formula is C15H32N2. The summed E-state index contributed by atoms with van der Waals surface area (Å²) in [6, 6.07) is 0. The number of rotatable bonds is 7. The molecule has 0 saturated heterocycles. The smallest absolute Gasteiger partial charge is 0.00471 e. The molecule has 2 nitrogen and oxygen atoms in total. The molecule has 1 aliphatic carbocycles. The SMILES string of the molecule is CCCCCN(C)CC1(CN)CCCC(C)C1. The number of hydrogen-bond donors (Lipinski definition) is 1. The Morgan fingerprint density at radius 3 is 2.71 bits per heavy atom. The lowest BCUT2D eigenvalue weighted by Gasteiger charge is -2.41. The first-order valence-corrected chi connectivity index (χ1v) is 7.50. The number of unbranched alkanes of at least 4 members (excludes halogenated alkanes) is 2. The number of nitrogens with zero attached hydrogens (tertiary/aromatic N) is 1. The molecule has 17 heavy (non-hydrogen) atoms. The molecule has 0 spiro atoms. The fraction of sp³-hybridized carbons (Fsp3) is 1.00. The molecule has 2 unspecified atom stereocenters. The predicted octanol–water partition coefficient (Wildman–Crippen LogP) is 3.26. The van der Waals surface area contributed by atoms with Crippen molar-refractivity contribution in [3.8, 4) is 0 Å². The van der Waals surface area contributed by atoms with Gasteiger partial charge in [0.15, 0.2) is 0 Å². The van der Waals surface area contributed by atoms with Gasteiger partial charge in [-0.05, 0) is 50.7 Å². The van der Waals surface area contributed by atoms with Crippen LogP contribution in [0.15, 0.2) is 0 Å². The molecule has 1 saturated carbocycles. The van der Waals surface area contributed by atoms with Crippen LogP contribution in [0.4, 0.5) is 0 Å². The van der Waals surface area contributed by atoms with E-state index in [0.717, 1.165) is 12.5 Å². The molecule has 2 heteroatoms. The summed E-state index contributed by atoms with van der Waals surface area (Å²) >= 11 is 0. The van der Waals surface area contributed by atoms with Gasteiger partial charge >= 0.3 is 0 Å². The molecule has 0 aromatic carbocycles. The highest BCUT2D eigenvalue weighted by atomic mass is 15.1. The summed E-state index contributed by atoms with van der Waals surface area (Å²) in [6.45, 7) is 7.97. The van der Waals surface area contributed by atoms with Gasteiger partial charge in [0, 0.05) is 6.54 Å². The maximum absolute atomic E-state index is 6.08. The van der Waals surface area contributed by atoms with E-state index in [-0.39, 0.29) is 0 Å². The van der Waals surface area contributed by atoms with Gasteiger partial charge in [-0.1, -0.05) is 39.5 Å². The van der Waals surface area contributed by atoms with Gasteiger partial charge in [0.25, 0.3) is 0 Å². The number of hydrogen-bond acceptors (Lipinski definition) is 2.